The third-order valence-electron chi connectivity index (χ3n) is 5.07. The first-order valence-corrected chi connectivity index (χ1v) is 13.8. The maximum Gasteiger partial charge on any atom is 0.187 e. The smallest absolute Gasteiger partial charge is 0.187 e. The van der Waals surface area contributed by atoms with Crippen molar-refractivity contribution in [1.82, 2.24) is 9.97 Å². The van der Waals surface area contributed by atoms with Gasteiger partial charge in [-0.25, -0.2) is 9.97 Å². The van der Waals surface area contributed by atoms with Gasteiger partial charge in [0.25, 0.3) is 0 Å². The van der Waals surface area contributed by atoms with Gasteiger partial charge < -0.3 is 9.53 Å². The molecule has 2 aromatic rings. The molecule has 0 saturated carbocycles. The number of aromatic nitrogens is 2. The SMILES string of the molecule is CCCC[Si](C)(C)OC(C)CCCCCc1ncc(-c2ccc(O)cc2)cn1. The molecule has 2 rings (SSSR count). The number of aryl methyl sites for hydroxylation is 1. The molecule has 0 bridgehead atoms. The summed E-state index contributed by atoms with van der Waals surface area (Å²) in [5.41, 5.74) is 1.99. The van der Waals surface area contributed by atoms with Crippen LogP contribution in [0.4, 0.5) is 0 Å². The fourth-order valence-electron chi connectivity index (χ4n) is 3.44. The lowest BCUT2D eigenvalue weighted by Gasteiger charge is -2.27. The molecule has 5 heteroatoms. The van der Waals surface area contributed by atoms with E-state index in [4.69, 9.17) is 4.43 Å². The molecule has 154 valence electrons. The van der Waals surface area contributed by atoms with Crippen molar-refractivity contribution in [1.29, 1.82) is 0 Å². The topological polar surface area (TPSA) is 55.2 Å². The summed E-state index contributed by atoms with van der Waals surface area (Å²) in [6.45, 7) is 9.17. The van der Waals surface area contributed by atoms with Gasteiger partial charge in [-0.1, -0.05) is 44.7 Å². The van der Waals surface area contributed by atoms with Crippen molar-refractivity contribution in [2.24, 2.45) is 0 Å². The van der Waals surface area contributed by atoms with Crippen molar-refractivity contribution in [3.63, 3.8) is 0 Å². The first-order chi connectivity index (χ1) is 13.4. The van der Waals surface area contributed by atoms with Crippen LogP contribution in [0.3, 0.4) is 0 Å². The predicted octanol–water partition coefficient (Wildman–Crippen LogP) is 6.36. The number of nitrogens with zero attached hydrogens (tertiary/aromatic N) is 2. The summed E-state index contributed by atoms with van der Waals surface area (Å²) in [4.78, 5) is 8.99. The molecule has 1 aromatic heterocycles. The zero-order valence-electron chi connectivity index (χ0n) is 17.9. The lowest BCUT2D eigenvalue weighted by atomic mass is 10.1. The largest absolute Gasteiger partial charge is 0.508 e. The monoisotopic (exact) mass is 400 g/mol. The molecule has 1 aromatic carbocycles. The van der Waals surface area contributed by atoms with E-state index >= 15 is 0 Å². The highest BCUT2D eigenvalue weighted by atomic mass is 28.4. The van der Waals surface area contributed by atoms with E-state index in [-0.39, 0.29) is 5.75 Å². The van der Waals surface area contributed by atoms with Gasteiger partial charge in [0.1, 0.15) is 11.6 Å². The molecule has 4 nitrogen and oxygen atoms in total. The van der Waals surface area contributed by atoms with E-state index in [2.05, 4.69) is 36.9 Å². The highest BCUT2D eigenvalue weighted by Crippen LogP contribution is 2.21. The van der Waals surface area contributed by atoms with Crippen LogP contribution in [-0.4, -0.2) is 29.5 Å². The van der Waals surface area contributed by atoms with E-state index in [1.165, 1.54) is 31.7 Å². The van der Waals surface area contributed by atoms with Crippen molar-refractivity contribution in [2.45, 2.75) is 84.0 Å². The molecule has 0 aliphatic heterocycles. The van der Waals surface area contributed by atoms with E-state index in [1.807, 2.05) is 24.5 Å². The summed E-state index contributed by atoms with van der Waals surface area (Å²) in [7, 11) is -1.48. The second-order valence-electron chi connectivity index (χ2n) is 8.33. The Kier molecular flexibility index (Phi) is 9.12. The zero-order chi connectivity index (χ0) is 20.4. The number of benzene rings is 1. The number of rotatable bonds is 12. The Bertz CT molecular complexity index is 687. The minimum atomic E-state index is -1.48. The summed E-state index contributed by atoms with van der Waals surface area (Å²) in [6.07, 6.45) is 12.2. The van der Waals surface area contributed by atoms with Gasteiger partial charge in [0.05, 0.1) is 0 Å². The van der Waals surface area contributed by atoms with Crippen LogP contribution in [0.25, 0.3) is 11.1 Å². The molecule has 0 radical (unpaired) electrons. The van der Waals surface area contributed by atoms with Crippen LogP contribution in [-0.2, 0) is 10.8 Å². The van der Waals surface area contributed by atoms with Crippen LogP contribution >= 0.6 is 0 Å². The van der Waals surface area contributed by atoms with Crippen LogP contribution in [0.2, 0.25) is 19.1 Å². The van der Waals surface area contributed by atoms with E-state index in [9.17, 15) is 5.11 Å². The first kappa shape index (κ1) is 22.6. The van der Waals surface area contributed by atoms with E-state index < -0.39 is 8.32 Å². The van der Waals surface area contributed by atoms with Gasteiger partial charge in [0, 0.05) is 30.5 Å². The molecular formula is C23H36N2O2Si. The lowest BCUT2D eigenvalue weighted by Crippen LogP contribution is -2.34. The summed E-state index contributed by atoms with van der Waals surface area (Å²) in [5.74, 6) is 1.17. The Balaban J connectivity index is 1.66. The fourth-order valence-corrected chi connectivity index (χ4v) is 5.97. The highest BCUT2D eigenvalue weighted by Gasteiger charge is 2.23. The van der Waals surface area contributed by atoms with Crippen molar-refractivity contribution < 1.29 is 9.53 Å². The second kappa shape index (κ2) is 11.3. The number of phenols is 1. The van der Waals surface area contributed by atoms with Crippen molar-refractivity contribution in [3.05, 3.63) is 42.5 Å². The average molecular weight is 401 g/mol. The molecule has 0 amide bonds. The van der Waals surface area contributed by atoms with Crippen LogP contribution < -0.4 is 0 Å². The van der Waals surface area contributed by atoms with Gasteiger partial charge in [-0.15, -0.1) is 0 Å². The molecule has 28 heavy (non-hydrogen) atoms. The van der Waals surface area contributed by atoms with Crippen LogP contribution in [0.1, 0.15) is 58.2 Å². The van der Waals surface area contributed by atoms with Gasteiger partial charge in [-0.3, -0.25) is 0 Å². The molecule has 0 spiro atoms. The van der Waals surface area contributed by atoms with Gasteiger partial charge >= 0.3 is 0 Å². The Morgan fingerprint density at radius 2 is 1.64 bits per heavy atom. The Hall–Kier alpha value is -1.72. The molecule has 0 aliphatic carbocycles. The van der Waals surface area contributed by atoms with E-state index in [0.717, 1.165) is 36.2 Å². The standard InChI is InChI=1S/C23H36N2O2Si/c1-5-6-16-28(3,4)27-19(2)10-8-7-9-11-23-24-17-21(18-25-23)20-12-14-22(26)15-13-20/h12-15,17-19,26H,5-11,16H2,1-4H3. The van der Waals surface area contributed by atoms with Crippen LogP contribution in [0, 0.1) is 0 Å². The summed E-state index contributed by atoms with van der Waals surface area (Å²) >= 11 is 0. The zero-order valence-corrected chi connectivity index (χ0v) is 18.9. The second-order valence-corrected chi connectivity index (χ2v) is 12.6. The molecule has 0 saturated heterocycles. The molecule has 1 unspecified atom stereocenters. The number of unbranched alkanes of at least 4 members (excludes halogenated alkanes) is 3. The van der Waals surface area contributed by atoms with Crippen molar-refractivity contribution >= 4 is 8.32 Å². The fraction of sp³-hybridized carbons (Fsp3) is 0.565. The van der Waals surface area contributed by atoms with Crippen molar-refractivity contribution in [3.8, 4) is 16.9 Å². The van der Waals surface area contributed by atoms with Crippen LogP contribution in [0.5, 0.6) is 5.75 Å². The third-order valence-corrected chi connectivity index (χ3v) is 7.67. The Morgan fingerprint density at radius 1 is 0.964 bits per heavy atom. The summed E-state index contributed by atoms with van der Waals surface area (Å²) < 4.78 is 6.37. The van der Waals surface area contributed by atoms with Crippen molar-refractivity contribution in [2.75, 3.05) is 0 Å². The number of phenolic OH excluding ortho intramolecular Hbond substituents is 1. The van der Waals surface area contributed by atoms with Gasteiger partial charge in [-0.05, 0) is 56.6 Å². The van der Waals surface area contributed by atoms with E-state index in [1.54, 1.807) is 12.1 Å². The highest BCUT2D eigenvalue weighted by molar-refractivity contribution is 6.71. The Labute approximate surface area is 171 Å². The third kappa shape index (κ3) is 8.11. The minimum Gasteiger partial charge on any atom is -0.508 e. The molecule has 1 heterocycles. The van der Waals surface area contributed by atoms with Gasteiger partial charge in [0.2, 0.25) is 0 Å². The summed E-state index contributed by atoms with van der Waals surface area (Å²) in [5, 5.41) is 9.38. The number of hydrogen-bond acceptors (Lipinski definition) is 4. The average Bonchev–Trinajstić information content (AvgIpc) is 2.67. The predicted molar refractivity (Wildman–Crippen MR) is 119 cm³/mol. The molecule has 1 N–H and O–H groups in total. The molecule has 1 atom stereocenters. The maximum absolute atomic E-state index is 9.38. The minimum absolute atomic E-state index is 0.271. The number of aromatic hydroxyl groups is 1. The lowest BCUT2D eigenvalue weighted by molar-refractivity contribution is 0.195. The maximum atomic E-state index is 9.38. The summed E-state index contributed by atoms with van der Waals surface area (Å²) in [6, 6.07) is 8.39. The van der Waals surface area contributed by atoms with E-state index in [0.29, 0.717) is 6.10 Å². The first-order valence-electron chi connectivity index (χ1n) is 10.7. The quantitative estimate of drug-likeness (QED) is 0.332. The Morgan fingerprint density at radius 3 is 2.29 bits per heavy atom. The van der Waals surface area contributed by atoms with Gasteiger partial charge in [0.15, 0.2) is 8.32 Å². The molecular weight excluding hydrogens is 364 g/mol. The number of hydrogen-bond donors (Lipinski definition) is 1. The molecule has 0 aliphatic rings. The normalized spacial score (nSPS) is 12.9. The van der Waals surface area contributed by atoms with Gasteiger partial charge in [-0.2, -0.15) is 0 Å². The van der Waals surface area contributed by atoms with Crippen LogP contribution in [0.15, 0.2) is 36.7 Å². The molecule has 0 fully saturated rings.